The molecule has 0 aromatic heterocycles. The van der Waals surface area contributed by atoms with Crippen LogP contribution in [0.15, 0.2) is 54.6 Å². The molecule has 1 amide bonds. The fourth-order valence-electron chi connectivity index (χ4n) is 4.24. The van der Waals surface area contributed by atoms with Gasteiger partial charge in [0.2, 0.25) is 5.91 Å². The molecule has 1 fully saturated rings. The molecule has 7 heteroatoms. The second-order valence-electron chi connectivity index (χ2n) is 8.78. The third kappa shape index (κ3) is 8.07. The smallest absolute Gasteiger partial charge is 0.416 e. The van der Waals surface area contributed by atoms with E-state index in [2.05, 4.69) is 29.3 Å². The maximum atomic E-state index is 13.0. The van der Waals surface area contributed by atoms with Gasteiger partial charge in [-0.25, -0.2) is 0 Å². The van der Waals surface area contributed by atoms with Gasteiger partial charge in [0.05, 0.1) is 18.1 Å². The molecule has 0 spiro atoms. The first kappa shape index (κ1) is 25.1. The number of nitrogens with zero attached hydrogens (tertiary/aromatic N) is 1. The van der Waals surface area contributed by atoms with Gasteiger partial charge >= 0.3 is 6.18 Å². The van der Waals surface area contributed by atoms with E-state index >= 15 is 0 Å². The SMILES string of the molecule is CCCCNC(=O)[C@@H]1C[C@H](COc2cccc(C(F)(F)F)c2)CN(CCc2ccccc2)C1. The number of unbranched alkanes of at least 4 members (excludes halogenated alkanes) is 1. The molecular formula is C26H33F3N2O2. The average Bonchev–Trinajstić information content (AvgIpc) is 2.82. The summed E-state index contributed by atoms with van der Waals surface area (Å²) >= 11 is 0. The van der Waals surface area contributed by atoms with E-state index in [0.29, 0.717) is 19.5 Å². The summed E-state index contributed by atoms with van der Waals surface area (Å²) in [6.07, 6.45) is -0.898. The number of nitrogens with one attached hydrogen (secondary N) is 1. The predicted molar refractivity (Wildman–Crippen MR) is 123 cm³/mol. The standard InChI is InChI=1S/C26H33F3N2O2/c1-2-3-13-30-25(32)22-15-21(17-31(18-22)14-12-20-8-5-4-6-9-20)19-33-24-11-7-10-23(16-24)26(27,28)29/h4-11,16,21-22H,2-3,12-15,17-19H2,1H3,(H,30,32)/t21-,22+/m0/s1. The van der Waals surface area contributed by atoms with Crippen LogP contribution in [0.25, 0.3) is 0 Å². The summed E-state index contributed by atoms with van der Waals surface area (Å²) in [5, 5.41) is 3.03. The van der Waals surface area contributed by atoms with E-state index in [1.165, 1.54) is 11.6 Å². The molecule has 1 aliphatic rings. The topological polar surface area (TPSA) is 41.6 Å². The lowest BCUT2D eigenvalue weighted by atomic mass is 9.88. The van der Waals surface area contributed by atoms with Gasteiger partial charge in [-0.1, -0.05) is 49.7 Å². The minimum absolute atomic E-state index is 0.0527. The number of benzene rings is 2. The molecule has 1 saturated heterocycles. The largest absolute Gasteiger partial charge is 0.493 e. The predicted octanol–water partition coefficient (Wildman–Crippen LogP) is 5.18. The molecule has 0 saturated carbocycles. The molecule has 0 unspecified atom stereocenters. The van der Waals surface area contributed by atoms with E-state index in [1.807, 2.05) is 18.2 Å². The van der Waals surface area contributed by atoms with Crippen LogP contribution in [0.3, 0.4) is 0 Å². The van der Waals surface area contributed by atoms with E-state index in [1.54, 1.807) is 6.07 Å². The first-order chi connectivity index (χ1) is 15.8. The highest BCUT2D eigenvalue weighted by Crippen LogP contribution is 2.32. The lowest BCUT2D eigenvalue weighted by Gasteiger charge is -2.37. The van der Waals surface area contributed by atoms with Crippen LogP contribution in [0, 0.1) is 11.8 Å². The fourth-order valence-corrected chi connectivity index (χ4v) is 4.24. The average molecular weight is 463 g/mol. The Morgan fingerprint density at radius 2 is 1.91 bits per heavy atom. The highest BCUT2D eigenvalue weighted by molar-refractivity contribution is 5.79. The molecule has 2 aromatic rings. The Bertz CT molecular complexity index is 873. The van der Waals surface area contributed by atoms with Gasteiger partial charge in [-0.3, -0.25) is 4.79 Å². The van der Waals surface area contributed by atoms with E-state index in [0.717, 1.165) is 44.5 Å². The number of likely N-dealkylation sites (tertiary alicyclic amines) is 1. The quantitative estimate of drug-likeness (QED) is 0.495. The molecule has 1 heterocycles. The van der Waals surface area contributed by atoms with Crippen molar-refractivity contribution in [3.05, 3.63) is 65.7 Å². The Morgan fingerprint density at radius 3 is 2.64 bits per heavy atom. The van der Waals surface area contributed by atoms with Crippen molar-refractivity contribution < 1.29 is 22.7 Å². The van der Waals surface area contributed by atoms with E-state index in [-0.39, 0.29) is 30.1 Å². The number of halogens is 3. The van der Waals surface area contributed by atoms with Crippen LogP contribution in [0.5, 0.6) is 5.75 Å². The van der Waals surface area contributed by atoms with Crippen LogP contribution in [0.4, 0.5) is 13.2 Å². The molecule has 2 aromatic carbocycles. The second-order valence-corrected chi connectivity index (χ2v) is 8.78. The van der Waals surface area contributed by atoms with Crippen LogP contribution >= 0.6 is 0 Å². The zero-order valence-electron chi connectivity index (χ0n) is 19.1. The molecule has 180 valence electrons. The Kier molecular flexibility index (Phi) is 9.18. The van der Waals surface area contributed by atoms with Gasteiger partial charge in [0, 0.05) is 32.1 Å². The summed E-state index contributed by atoms with van der Waals surface area (Å²) in [4.78, 5) is 15.0. The number of hydrogen-bond acceptors (Lipinski definition) is 3. The molecule has 2 atom stereocenters. The molecule has 0 aliphatic carbocycles. The van der Waals surface area contributed by atoms with Crippen LogP contribution in [-0.2, 0) is 17.4 Å². The molecule has 3 rings (SSSR count). The second kappa shape index (κ2) is 12.1. The zero-order chi connectivity index (χ0) is 23.7. The van der Waals surface area contributed by atoms with Crippen LogP contribution in [-0.4, -0.2) is 43.6 Å². The number of hydrogen-bond donors (Lipinski definition) is 1. The molecule has 0 bridgehead atoms. The van der Waals surface area contributed by atoms with Crippen LogP contribution in [0.2, 0.25) is 0 Å². The first-order valence-electron chi connectivity index (χ1n) is 11.7. The Hall–Kier alpha value is -2.54. The third-order valence-electron chi connectivity index (χ3n) is 6.02. The first-order valence-corrected chi connectivity index (χ1v) is 11.7. The maximum Gasteiger partial charge on any atom is 0.416 e. The van der Waals surface area contributed by atoms with Crippen molar-refractivity contribution in [2.24, 2.45) is 11.8 Å². The van der Waals surface area contributed by atoms with Gasteiger partial charge in [0.25, 0.3) is 0 Å². The summed E-state index contributed by atoms with van der Waals surface area (Å²) in [5.41, 5.74) is 0.519. The lowest BCUT2D eigenvalue weighted by Crippen LogP contribution is -2.48. The number of rotatable bonds is 10. The van der Waals surface area contributed by atoms with Crippen LogP contribution in [0.1, 0.15) is 37.3 Å². The van der Waals surface area contributed by atoms with Gasteiger partial charge in [-0.05, 0) is 43.0 Å². The number of alkyl halides is 3. The lowest BCUT2D eigenvalue weighted by molar-refractivity contribution is -0.137. The highest BCUT2D eigenvalue weighted by Gasteiger charge is 2.33. The summed E-state index contributed by atoms with van der Waals surface area (Å²) in [5.74, 6) is 0.166. The molecule has 4 nitrogen and oxygen atoms in total. The Labute approximate surface area is 194 Å². The summed E-state index contributed by atoms with van der Waals surface area (Å²) in [6.45, 7) is 5.29. The fraction of sp³-hybridized carbons (Fsp3) is 0.500. The van der Waals surface area contributed by atoms with Crippen molar-refractivity contribution in [1.82, 2.24) is 10.2 Å². The molecule has 0 radical (unpaired) electrons. The van der Waals surface area contributed by atoms with Crippen molar-refractivity contribution in [2.75, 3.05) is 32.8 Å². The monoisotopic (exact) mass is 462 g/mol. The Balaban J connectivity index is 1.62. The van der Waals surface area contributed by atoms with Crippen molar-refractivity contribution in [1.29, 1.82) is 0 Å². The van der Waals surface area contributed by atoms with Gasteiger partial charge in [0.1, 0.15) is 5.75 Å². The third-order valence-corrected chi connectivity index (χ3v) is 6.02. The van der Waals surface area contributed by atoms with Crippen molar-refractivity contribution in [3.8, 4) is 5.75 Å². The summed E-state index contributed by atoms with van der Waals surface area (Å²) in [7, 11) is 0. The molecule has 1 N–H and O–H groups in total. The number of amides is 1. The zero-order valence-corrected chi connectivity index (χ0v) is 19.1. The summed E-state index contributed by atoms with van der Waals surface area (Å²) in [6, 6.07) is 15.2. The van der Waals surface area contributed by atoms with Crippen molar-refractivity contribution in [3.63, 3.8) is 0 Å². The maximum absolute atomic E-state index is 13.0. The number of carbonyl (C=O) groups excluding carboxylic acids is 1. The Morgan fingerprint density at radius 1 is 1.12 bits per heavy atom. The van der Waals surface area contributed by atoms with Gasteiger partial charge in [-0.15, -0.1) is 0 Å². The van der Waals surface area contributed by atoms with Crippen molar-refractivity contribution in [2.45, 2.75) is 38.8 Å². The molecule has 33 heavy (non-hydrogen) atoms. The normalized spacial score (nSPS) is 19.3. The van der Waals surface area contributed by atoms with E-state index in [9.17, 15) is 18.0 Å². The van der Waals surface area contributed by atoms with Gasteiger partial charge in [0.15, 0.2) is 0 Å². The number of piperidine rings is 1. The summed E-state index contributed by atoms with van der Waals surface area (Å²) < 4.78 is 44.8. The number of ether oxygens (including phenoxy) is 1. The highest BCUT2D eigenvalue weighted by atomic mass is 19.4. The van der Waals surface area contributed by atoms with E-state index in [4.69, 9.17) is 4.74 Å². The minimum atomic E-state index is -4.40. The molecular weight excluding hydrogens is 429 g/mol. The molecule has 1 aliphatic heterocycles. The van der Waals surface area contributed by atoms with E-state index < -0.39 is 11.7 Å². The van der Waals surface area contributed by atoms with Crippen molar-refractivity contribution >= 4 is 5.91 Å². The van der Waals surface area contributed by atoms with Gasteiger partial charge in [-0.2, -0.15) is 13.2 Å². The minimum Gasteiger partial charge on any atom is -0.493 e. The number of carbonyl (C=O) groups is 1. The van der Waals surface area contributed by atoms with Crippen LogP contribution < -0.4 is 10.1 Å². The van der Waals surface area contributed by atoms with Gasteiger partial charge < -0.3 is 15.0 Å².